The van der Waals surface area contributed by atoms with Gasteiger partial charge in [0.2, 0.25) is 0 Å². The molecule has 1 unspecified atom stereocenters. The average molecular weight is 3610 g/mol. The van der Waals surface area contributed by atoms with Crippen LogP contribution in [0.5, 0.6) is 0 Å². The fraction of sp³-hybridized carbons (Fsp3) is 0.250. The molecule has 26 heavy (non-hydrogen) atoms. The van der Waals surface area contributed by atoms with E-state index in [4.69, 9.17) is 0 Å². The van der Waals surface area contributed by atoms with Crippen LogP contribution in [0, 0.1) is 0 Å². The minimum absolute atomic E-state index is 0. The Hall–Kier alpha value is 12.7. The molecule has 0 bridgehead atoms. The van der Waals surface area contributed by atoms with Crippen LogP contribution in [-0.2, 0) is 406 Å². The van der Waals surface area contributed by atoms with Gasteiger partial charge in [0.1, 0.15) is 0 Å². The van der Waals surface area contributed by atoms with Gasteiger partial charge < -0.3 is 9.97 Å². The third-order valence-electron chi connectivity index (χ3n) is 0.723. The van der Waals surface area contributed by atoms with E-state index in [0.29, 0.717) is 0 Å². The van der Waals surface area contributed by atoms with Gasteiger partial charge in [0.15, 0.2) is 0 Å². The van der Waals surface area contributed by atoms with Gasteiger partial charge in [-0.15, -0.1) is 9.24 Å². The molecule has 0 aliphatic rings. The Labute approximate surface area is 432 Å². The van der Waals surface area contributed by atoms with Crippen molar-refractivity contribution in [1.82, 2.24) is 9.97 Å². The van der Waals surface area contributed by atoms with Crippen LogP contribution >= 0.6 is 9.24 Å². The second-order valence-electron chi connectivity index (χ2n) is 1.22. The van der Waals surface area contributed by atoms with Crippen molar-refractivity contribution in [1.29, 1.82) is 0 Å². The number of aromatic nitrogens is 2. The molecule has 0 radical (unpaired) electrons. The minimum Gasteiger partial charge on any atom is -0.450 e. The molecule has 0 saturated heterocycles. The van der Waals surface area contributed by atoms with Crippen LogP contribution in [0.25, 0.3) is 0 Å². The van der Waals surface area contributed by atoms with E-state index in [1.807, 2.05) is 0 Å². The predicted molar refractivity (Wildman–Crippen MR) is 31.0 cm³/mol. The van der Waals surface area contributed by atoms with Crippen molar-refractivity contribution in [2.45, 2.75) is 6.16 Å². The topological polar surface area (TPSA) is 27.0 Å². The molecule has 1 rings (SSSR count). The summed E-state index contributed by atoms with van der Waals surface area (Å²) in [5.41, 5.74) is 1.03. The van der Waals surface area contributed by atoms with Gasteiger partial charge in [0, 0.05) is 400 Å². The second-order valence-corrected chi connectivity index (χ2v) is 1.63. The number of hydrogen-bond acceptors (Lipinski definition) is 1. The molecular formula is C4H6N2PW19-. The van der Waals surface area contributed by atoms with Gasteiger partial charge in [-0.25, -0.2) is 0 Å². The van der Waals surface area contributed by atoms with Gasteiger partial charge in [-0.2, -0.15) is 0 Å². The summed E-state index contributed by atoms with van der Waals surface area (Å²) in [4.78, 5) is 7.67. The molecule has 0 fully saturated rings. The zero-order valence-corrected chi connectivity index (χ0v) is 68.5. The van der Waals surface area contributed by atoms with Crippen LogP contribution in [0.3, 0.4) is 0 Å². The Bertz CT molecular complexity index is 146. The number of hydrogen-bond donors (Lipinski definition) is 0. The predicted octanol–water partition coefficient (Wildman–Crippen LogP) is 0.366. The Morgan fingerprint density at radius 2 is 0.769 bits per heavy atom. The molecule has 1 aromatic heterocycles. The Balaban J connectivity index is -0.00000000152. The van der Waals surface area contributed by atoms with E-state index < -0.39 is 0 Å². The Kier molecular flexibility index (Phi) is 646. The maximum absolute atomic E-state index is 3.90. The molecule has 0 aliphatic heterocycles. The van der Waals surface area contributed by atoms with Crippen LogP contribution in [0.4, 0.5) is 0 Å². The first-order chi connectivity index (χ1) is 3.43. The van der Waals surface area contributed by atoms with E-state index in [2.05, 4.69) is 19.2 Å². The van der Waals surface area contributed by atoms with Crippen molar-refractivity contribution in [2.24, 2.45) is 0 Å². The van der Waals surface area contributed by atoms with Gasteiger partial charge in [-0.05, 0) is 6.16 Å². The van der Waals surface area contributed by atoms with Gasteiger partial charge in [0.25, 0.3) is 0 Å². The largest absolute Gasteiger partial charge is 0.450 e. The molecule has 0 N–H and O–H groups in total. The zero-order valence-electron chi connectivity index (χ0n) is 11.6. The van der Waals surface area contributed by atoms with E-state index in [0.717, 1.165) is 11.9 Å². The molecule has 0 amide bonds. The van der Waals surface area contributed by atoms with Crippen LogP contribution in [0.2, 0.25) is 0 Å². The van der Waals surface area contributed by atoms with Crippen LogP contribution in [0.1, 0.15) is 5.69 Å². The first kappa shape index (κ1) is 142. The summed E-state index contributed by atoms with van der Waals surface area (Å²) in [6, 6.07) is 0. The number of nitrogens with zero attached hydrogens (tertiary/aromatic N) is 2. The van der Waals surface area contributed by atoms with Crippen molar-refractivity contribution in [2.75, 3.05) is 0 Å². The van der Waals surface area contributed by atoms with Crippen molar-refractivity contribution in [3.05, 3.63) is 18.2 Å². The normalized spacial score (nSPS) is 2.50. The molecule has 2 nitrogen and oxygen atoms in total. The Morgan fingerprint density at radius 1 is 0.538 bits per heavy atom. The van der Waals surface area contributed by atoms with Crippen molar-refractivity contribution < 1.29 is 400 Å². The van der Waals surface area contributed by atoms with E-state index in [9.17, 15) is 0 Å². The maximum atomic E-state index is 3.90. The molecular weight excluding hydrogens is 3600 g/mol. The third-order valence-corrected chi connectivity index (χ3v) is 1.14. The first-order valence-corrected chi connectivity index (χ1v) is 2.87. The molecule has 0 aliphatic carbocycles. The van der Waals surface area contributed by atoms with E-state index in [1.165, 1.54) is 0 Å². The average Bonchev–Trinajstić information content (AvgIpc) is 2.14. The molecule has 0 saturated carbocycles. The van der Waals surface area contributed by atoms with Crippen molar-refractivity contribution >= 4 is 9.24 Å². The van der Waals surface area contributed by atoms with E-state index >= 15 is 0 Å². The third kappa shape index (κ3) is 99.3. The standard InChI is InChI=1S/C4H6N2P.19W/c7-2-4-1-5-3-6-4;;;;;;;;;;;;;;;;;;;/h1,3H,2,7H2;;;;;;;;;;;;;;;;;;;/q-1;;;;;;;;;;;;;;;;;;;. The minimum atomic E-state index is 0. The summed E-state index contributed by atoms with van der Waals surface area (Å²) in [7, 11) is 2.58. The first-order valence-electron chi connectivity index (χ1n) is 2.05. The van der Waals surface area contributed by atoms with Crippen molar-refractivity contribution in [3.8, 4) is 0 Å². The van der Waals surface area contributed by atoms with Crippen LogP contribution in [-0.4, -0.2) is 4.98 Å². The smallest absolute Gasteiger partial charge is 0 e. The van der Waals surface area contributed by atoms with Crippen molar-refractivity contribution in [3.63, 3.8) is 0 Å². The summed E-state index contributed by atoms with van der Waals surface area (Å²) in [5.74, 6) is 0. The summed E-state index contributed by atoms with van der Waals surface area (Å²) in [6.07, 6.45) is 4.21. The van der Waals surface area contributed by atoms with Crippen LogP contribution < -0.4 is 4.98 Å². The zero-order chi connectivity index (χ0) is 5.11. The molecule has 22 heteroatoms. The molecule has 1 atom stereocenters. The summed E-state index contributed by atoms with van der Waals surface area (Å²) in [6.45, 7) is 0. The maximum Gasteiger partial charge on any atom is 0 e. The molecule has 1 aromatic rings. The number of imidazole rings is 1. The van der Waals surface area contributed by atoms with Gasteiger partial charge >= 0.3 is 0 Å². The SMILES string of the molecule is PCc1c[n-]cn1.[W].[W].[W].[W].[W].[W].[W].[W].[W].[W].[W].[W].[W].[W].[W].[W].[W].[W].[W]. The molecule has 0 spiro atoms. The van der Waals surface area contributed by atoms with E-state index in [-0.39, 0.29) is 400 Å². The fourth-order valence-corrected chi connectivity index (χ4v) is 0.576. The van der Waals surface area contributed by atoms with E-state index in [1.54, 1.807) is 12.5 Å². The monoisotopic (exact) mass is 3610 g/mol. The Morgan fingerprint density at radius 3 is 0.846 bits per heavy atom. The molecule has 1 heterocycles. The van der Waals surface area contributed by atoms with Gasteiger partial charge in [0.05, 0.1) is 0 Å². The van der Waals surface area contributed by atoms with Crippen LogP contribution in [0.15, 0.2) is 12.5 Å². The van der Waals surface area contributed by atoms with Gasteiger partial charge in [-0.3, -0.25) is 0 Å². The summed E-state index contributed by atoms with van der Waals surface area (Å²) < 4.78 is 0. The number of rotatable bonds is 1. The second kappa shape index (κ2) is 118. The van der Waals surface area contributed by atoms with Gasteiger partial charge in [-0.1, -0.05) is 18.2 Å². The summed E-state index contributed by atoms with van der Waals surface area (Å²) in [5, 5.41) is 0. The summed E-state index contributed by atoms with van der Waals surface area (Å²) >= 11 is 0. The molecule has 0 aromatic carbocycles. The molecule has 152 valence electrons. The fourth-order valence-electron chi connectivity index (χ4n) is 0.366. The quantitative estimate of drug-likeness (QED) is 0.381.